The van der Waals surface area contributed by atoms with Crippen LogP contribution in [0.25, 0.3) is 11.7 Å². The number of rotatable bonds is 7. The second-order valence-corrected chi connectivity index (χ2v) is 9.13. The molecule has 2 N–H and O–H groups in total. The van der Waals surface area contributed by atoms with Crippen LogP contribution in [0.1, 0.15) is 22.8 Å². The Bertz CT molecular complexity index is 1330. The third-order valence-corrected chi connectivity index (χ3v) is 6.57. The van der Waals surface area contributed by atoms with E-state index in [1.807, 2.05) is 43.3 Å². The van der Waals surface area contributed by atoms with Gasteiger partial charge in [-0.25, -0.2) is 4.98 Å². The fourth-order valence-corrected chi connectivity index (χ4v) is 4.74. The first-order chi connectivity index (χ1) is 15.9. The summed E-state index contributed by atoms with van der Waals surface area (Å²) < 4.78 is 1.86. The van der Waals surface area contributed by atoms with E-state index in [9.17, 15) is 14.7 Å². The Morgan fingerprint density at radius 3 is 2.73 bits per heavy atom. The highest BCUT2D eigenvalue weighted by Crippen LogP contribution is 2.33. The van der Waals surface area contributed by atoms with E-state index in [0.717, 1.165) is 22.9 Å². The lowest BCUT2D eigenvalue weighted by molar-refractivity contribution is -0.121. The van der Waals surface area contributed by atoms with Gasteiger partial charge in [0.2, 0.25) is 0 Å². The number of nitrogens with one attached hydrogen (secondary N) is 1. The van der Waals surface area contributed by atoms with E-state index in [1.165, 1.54) is 15.4 Å². The van der Waals surface area contributed by atoms with Crippen molar-refractivity contribution in [1.82, 2.24) is 14.3 Å². The van der Waals surface area contributed by atoms with Crippen LogP contribution in [0.2, 0.25) is 0 Å². The minimum Gasteiger partial charge on any atom is -0.387 e. The summed E-state index contributed by atoms with van der Waals surface area (Å²) in [4.78, 5) is 32.6. The zero-order valence-electron chi connectivity index (χ0n) is 17.9. The number of aliphatic hydroxyl groups is 1. The van der Waals surface area contributed by atoms with Gasteiger partial charge in [0.05, 0.1) is 16.6 Å². The van der Waals surface area contributed by atoms with Crippen LogP contribution in [0.3, 0.4) is 0 Å². The van der Waals surface area contributed by atoms with E-state index in [0.29, 0.717) is 27.2 Å². The highest BCUT2D eigenvalue weighted by atomic mass is 32.2. The lowest BCUT2D eigenvalue weighted by atomic mass is 10.1. The Morgan fingerprint density at radius 1 is 1.24 bits per heavy atom. The molecule has 1 saturated heterocycles. The number of thiocarbonyl (C=S) groups is 1. The molecule has 3 heterocycles. The first-order valence-corrected chi connectivity index (χ1v) is 11.5. The molecule has 33 heavy (non-hydrogen) atoms. The highest BCUT2D eigenvalue weighted by molar-refractivity contribution is 8.26. The molecular formula is C24H22N4O3S2. The van der Waals surface area contributed by atoms with Crippen molar-refractivity contribution in [2.75, 3.05) is 18.4 Å². The fourth-order valence-electron chi connectivity index (χ4n) is 3.48. The number of carbonyl (C=O) groups is 1. The molecule has 0 radical (unpaired) electrons. The molecule has 1 amide bonds. The number of anilines is 1. The van der Waals surface area contributed by atoms with Gasteiger partial charge in [0, 0.05) is 19.3 Å². The van der Waals surface area contributed by atoms with Crippen LogP contribution in [0.5, 0.6) is 0 Å². The number of fused-ring (bicyclic) bond motifs is 1. The Kier molecular flexibility index (Phi) is 6.73. The van der Waals surface area contributed by atoms with Gasteiger partial charge in [-0.2, -0.15) is 0 Å². The van der Waals surface area contributed by atoms with Crippen LogP contribution in [0, 0.1) is 6.92 Å². The molecule has 9 heteroatoms. The quantitative estimate of drug-likeness (QED) is 0.305. The molecule has 1 aliphatic heterocycles. The molecule has 2 aromatic heterocycles. The van der Waals surface area contributed by atoms with Crippen LogP contribution < -0.4 is 10.9 Å². The van der Waals surface area contributed by atoms with E-state index < -0.39 is 6.10 Å². The first kappa shape index (κ1) is 22.9. The monoisotopic (exact) mass is 478 g/mol. The largest absolute Gasteiger partial charge is 0.387 e. The number of pyridine rings is 1. The van der Waals surface area contributed by atoms with Crippen LogP contribution in [-0.2, 0) is 4.79 Å². The van der Waals surface area contributed by atoms with Crippen molar-refractivity contribution >= 4 is 51.7 Å². The zero-order chi connectivity index (χ0) is 23.5. The Balaban J connectivity index is 1.77. The number of benzene rings is 1. The van der Waals surface area contributed by atoms with Gasteiger partial charge in [-0.3, -0.25) is 18.9 Å². The molecule has 7 nitrogen and oxygen atoms in total. The average Bonchev–Trinajstić information content (AvgIpc) is 3.08. The van der Waals surface area contributed by atoms with Gasteiger partial charge < -0.3 is 10.4 Å². The topological polar surface area (TPSA) is 86.9 Å². The summed E-state index contributed by atoms with van der Waals surface area (Å²) in [5, 5.41) is 13.7. The number of aryl methyl sites for hydroxylation is 1. The van der Waals surface area contributed by atoms with Crippen molar-refractivity contribution < 1.29 is 9.90 Å². The molecule has 1 aliphatic rings. The Hall–Kier alpha value is -3.27. The predicted octanol–water partition coefficient (Wildman–Crippen LogP) is 3.54. The van der Waals surface area contributed by atoms with Crippen molar-refractivity contribution in [3.63, 3.8) is 0 Å². The summed E-state index contributed by atoms with van der Waals surface area (Å²) in [5.74, 6) is 0.00665. The van der Waals surface area contributed by atoms with Gasteiger partial charge >= 0.3 is 0 Å². The SMILES string of the molecule is C=CCN1C(=O)/C(=C/c2c(NC[C@H](O)c3ccccc3)nc3c(C)cccn3c2=O)SC1=S. The van der Waals surface area contributed by atoms with Crippen LogP contribution in [0.4, 0.5) is 5.82 Å². The molecule has 1 atom stereocenters. The van der Waals surface area contributed by atoms with Crippen molar-refractivity contribution in [2.24, 2.45) is 0 Å². The second kappa shape index (κ2) is 9.70. The van der Waals surface area contributed by atoms with Gasteiger partial charge in [-0.05, 0) is 30.2 Å². The van der Waals surface area contributed by atoms with Crippen LogP contribution in [-0.4, -0.2) is 42.7 Å². The molecule has 168 valence electrons. The number of hydrogen-bond acceptors (Lipinski definition) is 7. The predicted molar refractivity (Wildman–Crippen MR) is 136 cm³/mol. The van der Waals surface area contributed by atoms with E-state index in [2.05, 4.69) is 16.9 Å². The van der Waals surface area contributed by atoms with E-state index in [1.54, 1.807) is 18.3 Å². The maximum absolute atomic E-state index is 13.4. The van der Waals surface area contributed by atoms with Gasteiger partial charge in [-0.15, -0.1) is 6.58 Å². The standard InChI is InChI=1S/C24H22N4O3S2/c1-3-11-28-23(31)19(33-24(28)32)13-17-20(25-14-18(29)16-9-5-4-6-10-16)26-21-15(2)8-7-12-27(21)22(17)30/h3-10,12-13,18,25,29H,1,11,14H2,2H3/b19-13-/t18-/m0/s1. The first-order valence-electron chi connectivity index (χ1n) is 10.3. The van der Waals surface area contributed by atoms with Gasteiger partial charge in [0.25, 0.3) is 11.5 Å². The summed E-state index contributed by atoms with van der Waals surface area (Å²) in [5.41, 5.74) is 1.96. The molecule has 0 aliphatic carbocycles. The lowest BCUT2D eigenvalue weighted by Gasteiger charge is -2.15. The number of thioether (sulfide) groups is 1. The molecule has 1 fully saturated rings. The number of nitrogens with zero attached hydrogens (tertiary/aromatic N) is 3. The van der Waals surface area contributed by atoms with Gasteiger partial charge in [0.15, 0.2) is 0 Å². The maximum atomic E-state index is 13.4. The molecular weight excluding hydrogens is 456 g/mol. The number of carbonyl (C=O) groups excluding carboxylic acids is 1. The number of aliphatic hydroxyl groups excluding tert-OH is 1. The molecule has 0 saturated carbocycles. The lowest BCUT2D eigenvalue weighted by Crippen LogP contribution is -2.28. The van der Waals surface area contributed by atoms with Crippen molar-refractivity contribution in [3.8, 4) is 0 Å². The molecule has 0 unspecified atom stereocenters. The highest BCUT2D eigenvalue weighted by Gasteiger charge is 2.31. The normalized spacial score (nSPS) is 15.9. The third-order valence-electron chi connectivity index (χ3n) is 5.19. The van der Waals surface area contributed by atoms with E-state index >= 15 is 0 Å². The molecule has 1 aromatic carbocycles. The number of hydrogen-bond donors (Lipinski definition) is 2. The van der Waals surface area contributed by atoms with Crippen molar-refractivity contribution in [1.29, 1.82) is 0 Å². The summed E-state index contributed by atoms with van der Waals surface area (Å²) in [7, 11) is 0. The second-order valence-electron chi connectivity index (χ2n) is 7.45. The van der Waals surface area contributed by atoms with Crippen LogP contribution in [0.15, 0.2) is 71.0 Å². The summed E-state index contributed by atoms with van der Waals surface area (Å²) >= 11 is 6.44. The van der Waals surface area contributed by atoms with Crippen molar-refractivity contribution in [2.45, 2.75) is 13.0 Å². The smallest absolute Gasteiger partial charge is 0.267 e. The van der Waals surface area contributed by atoms with Gasteiger partial charge in [-0.1, -0.05) is 66.5 Å². The zero-order valence-corrected chi connectivity index (χ0v) is 19.5. The molecule has 4 rings (SSSR count). The van der Waals surface area contributed by atoms with E-state index in [-0.39, 0.29) is 23.6 Å². The number of aromatic nitrogens is 2. The minimum absolute atomic E-state index is 0.136. The summed E-state index contributed by atoms with van der Waals surface area (Å²) in [6.07, 6.45) is 3.95. The summed E-state index contributed by atoms with van der Waals surface area (Å²) in [6.45, 7) is 5.96. The fraction of sp³-hybridized carbons (Fsp3) is 0.167. The molecule has 0 bridgehead atoms. The Labute approximate surface area is 200 Å². The van der Waals surface area contributed by atoms with Crippen LogP contribution >= 0.6 is 24.0 Å². The molecule has 3 aromatic rings. The average molecular weight is 479 g/mol. The maximum Gasteiger partial charge on any atom is 0.267 e. The Morgan fingerprint density at radius 2 is 2.00 bits per heavy atom. The summed E-state index contributed by atoms with van der Waals surface area (Å²) in [6, 6.07) is 12.9. The number of amides is 1. The third kappa shape index (κ3) is 4.61. The van der Waals surface area contributed by atoms with E-state index in [4.69, 9.17) is 12.2 Å². The van der Waals surface area contributed by atoms with Gasteiger partial charge in [0.1, 0.15) is 15.8 Å². The molecule has 0 spiro atoms. The minimum atomic E-state index is -0.804. The van der Waals surface area contributed by atoms with Crippen molar-refractivity contribution in [3.05, 3.63) is 93.3 Å².